The Morgan fingerprint density at radius 3 is 2.79 bits per heavy atom. The van der Waals surface area contributed by atoms with Gasteiger partial charge < -0.3 is 5.11 Å². The SMILES string of the molecule is CN=C1SCC(c2cnc(Cl)s2)N1C(=O)C(=CO)c1ccccc1. The van der Waals surface area contributed by atoms with Gasteiger partial charge in [0.1, 0.15) is 0 Å². The van der Waals surface area contributed by atoms with Crippen LogP contribution in [0.25, 0.3) is 5.57 Å². The van der Waals surface area contributed by atoms with Crippen molar-refractivity contribution in [2.24, 2.45) is 4.99 Å². The third kappa shape index (κ3) is 3.19. The first-order valence-electron chi connectivity index (χ1n) is 7.10. The Balaban J connectivity index is 1.98. The second-order valence-corrected chi connectivity index (χ2v) is 7.56. The maximum Gasteiger partial charge on any atom is 0.264 e. The summed E-state index contributed by atoms with van der Waals surface area (Å²) in [5, 5.41) is 10.3. The molecular formula is C16H14ClN3O2S2. The number of benzene rings is 1. The molecule has 1 atom stereocenters. The van der Waals surface area contributed by atoms with Crippen LogP contribution in [0.2, 0.25) is 4.47 Å². The van der Waals surface area contributed by atoms with Gasteiger partial charge in [-0.05, 0) is 5.56 Å². The second kappa shape index (κ2) is 7.38. The highest BCUT2D eigenvalue weighted by atomic mass is 35.5. The maximum absolute atomic E-state index is 13.1. The van der Waals surface area contributed by atoms with E-state index in [1.807, 2.05) is 18.2 Å². The molecule has 1 amide bonds. The van der Waals surface area contributed by atoms with Crippen LogP contribution in [0.5, 0.6) is 0 Å². The molecule has 1 N–H and O–H groups in total. The molecule has 1 aromatic heterocycles. The molecule has 8 heteroatoms. The molecule has 3 rings (SSSR count). The summed E-state index contributed by atoms with van der Waals surface area (Å²) in [7, 11) is 1.65. The third-order valence-corrected chi connectivity index (χ3v) is 5.90. The summed E-state index contributed by atoms with van der Waals surface area (Å²) in [6.07, 6.45) is 2.53. The Morgan fingerprint density at radius 2 is 2.21 bits per heavy atom. The number of carbonyl (C=O) groups is 1. The van der Waals surface area contributed by atoms with E-state index in [-0.39, 0.29) is 17.5 Å². The van der Waals surface area contributed by atoms with E-state index in [0.29, 0.717) is 21.0 Å². The highest BCUT2D eigenvalue weighted by molar-refractivity contribution is 8.14. The highest BCUT2D eigenvalue weighted by Gasteiger charge is 2.38. The molecular weight excluding hydrogens is 366 g/mol. The first-order valence-corrected chi connectivity index (χ1v) is 9.28. The lowest BCUT2D eigenvalue weighted by Crippen LogP contribution is -2.34. The van der Waals surface area contributed by atoms with Crippen LogP contribution in [0, 0.1) is 0 Å². The Labute approximate surface area is 152 Å². The zero-order chi connectivity index (χ0) is 17.1. The minimum Gasteiger partial charge on any atom is -0.515 e. The van der Waals surface area contributed by atoms with Crippen molar-refractivity contribution in [3.63, 3.8) is 0 Å². The van der Waals surface area contributed by atoms with Gasteiger partial charge in [-0.15, -0.1) is 11.3 Å². The normalized spacial score (nSPS) is 19.9. The van der Waals surface area contributed by atoms with E-state index in [2.05, 4.69) is 9.98 Å². The van der Waals surface area contributed by atoms with Crippen molar-refractivity contribution in [2.45, 2.75) is 6.04 Å². The first kappa shape index (κ1) is 17.0. The number of amides is 1. The van der Waals surface area contributed by atoms with Crippen LogP contribution >= 0.6 is 34.7 Å². The summed E-state index contributed by atoms with van der Waals surface area (Å²) < 4.78 is 0.435. The Morgan fingerprint density at radius 1 is 1.46 bits per heavy atom. The number of halogens is 1. The molecule has 0 saturated carbocycles. The lowest BCUT2D eigenvalue weighted by atomic mass is 10.1. The van der Waals surface area contributed by atoms with Gasteiger partial charge in [-0.1, -0.05) is 53.7 Å². The number of hydrogen-bond donors (Lipinski definition) is 1. The molecule has 0 bridgehead atoms. The van der Waals surface area contributed by atoms with Gasteiger partial charge in [0.15, 0.2) is 9.63 Å². The summed E-state index contributed by atoms with van der Waals surface area (Å²) in [4.78, 5) is 23.9. The molecule has 1 aliphatic heterocycles. The van der Waals surface area contributed by atoms with Gasteiger partial charge in [0.05, 0.1) is 17.9 Å². The number of nitrogens with zero attached hydrogens (tertiary/aromatic N) is 3. The summed E-state index contributed by atoms with van der Waals surface area (Å²) in [6, 6.07) is 8.86. The average Bonchev–Trinajstić information content (AvgIpc) is 3.22. The van der Waals surface area contributed by atoms with E-state index in [0.717, 1.165) is 11.1 Å². The molecule has 0 spiro atoms. The van der Waals surface area contributed by atoms with Crippen molar-refractivity contribution in [1.82, 2.24) is 9.88 Å². The molecule has 1 saturated heterocycles. The number of aromatic nitrogens is 1. The van der Waals surface area contributed by atoms with Gasteiger partial charge in [-0.3, -0.25) is 14.7 Å². The van der Waals surface area contributed by atoms with E-state index in [1.54, 1.807) is 30.3 Å². The molecule has 124 valence electrons. The van der Waals surface area contributed by atoms with Crippen LogP contribution in [0.4, 0.5) is 0 Å². The van der Waals surface area contributed by atoms with E-state index in [9.17, 15) is 9.90 Å². The molecule has 0 aliphatic carbocycles. The summed E-state index contributed by atoms with van der Waals surface area (Å²) in [5.41, 5.74) is 0.873. The number of amidine groups is 1. The third-order valence-electron chi connectivity index (χ3n) is 3.57. The van der Waals surface area contributed by atoms with Gasteiger partial charge >= 0.3 is 0 Å². The number of aliphatic hydroxyl groups is 1. The van der Waals surface area contributed by atoms with E-state index in [1.165, 1.54) is 23.1 Å². The Bertz CT molecular complexity index is 805. The molecule has 1 aliphatic rings. The quantitative estimate of drug-likeness (QED) is 0.646. The number of thiazole rings is 1. The zero-order valence-electron chi connectivity index (χ0n) is 12.7. The van der Waals surface area contributed by atoms with Crippen LogP contribution in [-0.2, 0) is 4.79 Å². The Kier molecular flexibility index (Phi) is 5.23. The molecule has 0 radical (unpaired) electrons. The summed E-state index contributed by atoms with van der Waals surface area (Å²) in [5.74, 6) is 0.369. The maximum atomic E-state index is 13.1. The zero-order valence-corrected chi connectivity index (χ0v) is 15.1. The topological polar surface area (TPSA) is 65.8 Å². The van der Waals surface area contributed by atoms with Crippen LogP contribution < -0.4 is 0 Å². The second-order valence-electron chi connectivity index (χ2n) is 4.93. The smallest absolute Gasteiger partial charge is 0.264 e. The van der Waals surface area contributed by atoms with E-state index < -0.39 is 0 Å². The number of rotatable bonds is 3. The van der Waals surface area contributed by atoms with Crippen LogP contribution in [0.3, 0.4) is 0 Å². The molecule has 5 nitrogen and oxygen atoms in total. The summed E-state index contributed by atoms with van der Waals surface area (Å²) in [6.45, 7) is 0. The number of aliphatic hydroxyl groups excluding tert-OH is 1. The van der Waals surface area contributed by atoms with Gasteiger partial charge in [0.2, 0.25) is 0 Å². The molecule has 1 aromatic carbocycles. The van der Waals surface area contributed by atoms with Crippen molar-refractivity contribution < 1.29 is 9.90 Å². The van der Waals surface area contributed by atoms with Gasteiger partial charge in [0.25, 0.3) is 5.91 Å². The van der Waals surface area contributed by atoms with Crippen molar-refractivity contribution in [3.05, 3.63) is 57.7 Å². The molecule has 24 heavy (non-hydrogen) atoms. The van der Waals surface area contributed by atoms with Crippen LogP contribution in [0.1, 0.15) is 16.5 Å². The lowest BCUT2D eigenvalue weighted by molar-refractivity contribution is -0.122. The molecule has 2 heterocycles. The largest absolute Gasteiger partial charge is 0.515 e. The fourth-order valence-electron chi connectivity index (χ4n) is 2.46. The van der Waals surface area contributed by atoms with Crippen molar-refractivity contribution in [1.29, 1.82) is 0 Å². The first-order chi connectivity index (χ1) is 11.7. The van der Waals surface area contributed by atoms with Crippen molar-refractivity contribution in [2.75, 3.05) is 12.8 Å². The van der Waals surface area contributed by atoms with Crippen LogP contribution in [-0.4, -0.2) is 38.9 Å². The molecule has 2 aromatic rings. The number of aliphatic imine (C=N–C) groups is 1. The average molecular weight is 380 g/mol. The van der Waals surface area contributed by atoms with Crippen molar-refractivity contribution in [3.8, 4) is 0 Å². The molecule has 1 unspecified atom stereocenters. The summed E-state index contributed by atoms with van der Waals surface area (Å²) >= 11 is 8.78. The van der Waals surface area contributed by atoms with Gasteiger partial charge in [-0.2, -0.15) is 0 Å². The predicted octanol–water partition coefficient (Wildman–Crippen LogP) is 4.00. The number of carbonyl (C=O) groups excluding carboxylic acids is 1. The van der Waals surface area contributed by atoms with E-state index >= 15 is 0 Å². The van der Waals surface area contributed by atoms with Crippen molar-refractivity contribution >= 4 is 51.3 Å². The van der Waals surface area contributed by atoms with Gasteiger partial charge in [-0.25, -0.2) is 4.98 Å². The lowest BCUT2D eigenvalue weighted by Gasteiger charge is -2.23. The minimum atomic E-state index is -0.302. The standard InChI is InChI=1S/C16H14ClN3O2S2/c1-18-16-20(12(9-23-16)13-7-19-15(17)24-13)14(22)11(8-21)10-5-3-2-4-6-10/h2-8,12,21H,9H2,1H3. The predicted molar refractivity (Wildman–Crippen MR) is 99.6 cm³/mol. The fourth-order valence-corrected chi connectivity index (χ4v) is 4.73. The fraction of sp³-hybridized carbons (Fsp3) is 0.188. The molecule has 1 fully saturated rings. The number of thioether (sulfide) groups is 1. The van der Waals surface area contributed by atoms with Gasteiger partial charge in [0, 0.05) is 23.9 Å². The monoisotopic (exact) mass is 379 g/mol. The van der Waals surface area contributed by atoms with Crippen LogP contribution in [0.15, 0.2) is 47.8 Å². The number of hydrogen-bond acceptors (Lipinski definition) is 6. The minimum absolute atomic E-state index is 0.204. The highest BCUT2D eigenvalue weighted by Crippen LogP contribution is 2.40. The Hall–Kier alpha value is -1.83. The van der Waals surface area contributed by atoms with E-state index in [4.69, 9.17) is 11.6 Å².